The minimum atomic E-state index is -0.273. The van der Waals surface area contributed by atoms with E-state index < -0.39 is 0 Å². The summed E-state index contributed by atoms with van der Waals surface area (Å²) in [4.78, 5) is 4.87. The van der Waals surface area contributed by atoms with Gasteiger partial charge in [-0.1, -0.05) is 0 Å². The van der Waals surface area contributed by atoms with E-state index in [0.29, 0.717) is 0 Å². The Morgan fingerprint density at radius 2 is 2.33 bits per heavy atom. The largest absolute Gasteiger partial charge is 0.242 e. The fourth-order valence-electron chi connectivity index (χ4n) is 0.921. The quantitative estimate of drug-likeness (QED) is 0.741. The van der Waals surface area contributed by atoms with Crippen LogP contribution in [-0.4, -0.2) is 4.98 Å². The fourth-order valence-corrected chi connectivity index (χ4v) is 3.36. The average Bonchev–Trinajstić information content (AvgIpc) is 2.46. The number of rotatable bonds is 1. The van der Waals surface area contributed by atoms with Crippen LogP contribution < -0.4 is 0 Å². The maximum absolute atomic E-state index is 12.7. The first kappa shape index (κ1) is 8.71. The molecule has 0 aliphatic heterocycles. The zero-order valence-corrected chi connectivity index (χ0v) is 9.54. The summed E-state index contributed by atoms with van der Waals surface area (Å²) in [5.41, 5.74) is 0. The zero-order valence-electron chi connectivity index (χ0n) is 5.75. The molecule has 2 heterocycles. The topological polar surface area (TPSA) is 12.9 Å². The van der Waals surface area contributed by atoms with Crippen LogP contribution in [0.4, 0.5) is 4.39 Å². The number of nitrogens with zero attached hydrogens (tertiary/aromatic N) is 1. The van der Waals surface area contributed by atoms with Gasteiger partial charge in [0.25, 0.3) is 0 Å². The first-order valence-electron chi connectivity index (χ1n) is 3.13. The standard InChI is InChI=1S/C7H3FINS2/c8-5-1-4-2-6(12-9)11-7(4)10-3-5/h1-3H. The van der Waals surface area contributed by atoms with Crippen LogP contribution in [-0.2, 0) is 0 Å². The molecule has 0 aromatic carbocycles. The van der Waals surface area contributed by atoms with Crippen molar-refractivity contribution in [2.24, 2.45) is 0 Å². The van der Waals surface area contributed by atoms with Gasteiger partial charge in [-0.15, -0.1) is 11.3 Å². The molecular weight excluding hydrogens is 308 g/mol. The maximum Gasteiger partial charge on any atom is 0.142 e. The molecule has 62 valence electrons. The van der Waals surface area contributed by atoms with Crippen molar-refractivity contribution in [3.05, 3.63) is 24.1 Å². The van der Waals surface area contributed by atoms with E-state index in [1.54, 1.807) is 20.3 Å². The normalized spacial score (nSPS) is 10.8. The van der Waals surface area contributed by atoms with Gasteiger partial charge in [-0.2, -0.15) is 0 Å². The van der Waals surface area contributed by atoms with Crippen LogP contribution in [0, 0.1) is 5.82 Å². The summed E-state index contributed by atoms with van der Waals surface area (Å²) in [6, 6.07) is 3.46. The summed E-state index contributed by atoms with van der Waals surface area (Å²) >= 11 is 3.79. The second-order valence-electron chi connectivity index (χ2n) is 2.19. The highest BCUT2D eigenvalue weighted by Crippen LogP contribution is 2.35. The molecule has 0 saturated heterocycles. The Morgan fingerprint density at radius 3 is 3.08 bits per heavy atom. The highest BCUT2D eigenvalue weighted by molar-refractivity contribution is 14.2. The average molecular weight is 311 g/mol. The molecule has 0 atom stereocenters. The van der Waals surface area contributed by atoms with Crippen molar-refractivity contribution in [2.45, 2.75) is 4.21 Å². The van der Waals surface area contributed by atoms with Crippen LogP contribution in [0.5, 0.6) is 0 Å². The van der Waals surface area contributed by atoms with Crippen molar-refractivity contribution >= 4 is 51.7 Å². The van der Waals surface area contributed by atoms with E-state index in [1.165, 1.54) is 12.3 Å². The van der Waals surface area contributed by atoms with Crippen molar-refractivity contribution < 1.29 is 4.39 Å². The zero-order chi connectivity index (χ0) is 8.55. The molecule has 5 heteroatoms. The Bertz CT molecular complexity index is 415. The monoisotopic (exact) mass is 311 g/mol. The molecular formula is C7H3FINS2. The molecule has 0 bridgehead atoms. The molecule has 0 fully saturated rings. The third kappa shape index (κ3) is 1.57. The minimum absolute atomic E-state index is 0.273. The lowest BCUT2D eigenvalue weighted by atomic mass is 10.3. The van der Waals surface area contributed by atoms with Gasteiger partial charge < -0.3 is 0 Å². The lowest BCUT2D eigenvalue weighted by Crippen LogP contribution is -1.74. The van der Waals surface area contributed by atoms with E-state index in [0.717, 1.165) is 14.4 Å². The van der Waals surface area contributed by atoms with Crippen molar-refractivity contribution in [3.8, 4) is 0 Å². The number of fused-ring (bicyclic) bond motifs is 1. The molecule has 1 nitrogen and oxygen atoms in total. The number of thiophene rings is 1. The van der Waals surface area contributed by atoms with Gasteiger partial charge in [0.15, 0.2) is 0 Å². The molecule has 0 unspecified atom stereocenters. The predicted octanol–water partition coefficient (Wildman–Crippen LogP) is 3.88. The first-order chi connectivity index (χ1) is 5.79. The molecule has 2 aromatic heterocycles. The minimum Gasteiger partial charge on any atom is -0.242 e. The van der Waals surface area contributed by atoms with Crippen LogP contribution in [0.3, 0.4) is 0 Å². The van der Waals surface area contributed by atoms with Gasteiger partial charge in [0, 0.05) is 26.6 Å². The van der Waals surface area contributed by atoms with Crippen LogP contribution in [0.2, 0.25) is 0 Å². The lowest BCUT2D eigenvalue weighted by Gasteiger charge is -1.85. The van der Waals surface area contributed by atoms with Gasteiger partial charge in [-0.05, 0) is 21.1 Å². The van der Waals surface area contributed by atoms with Crippen molar-refractivity contribution in [1.82, 2.24) is 4.98 Å². The summed E-state index contributed by atoms with van der Waals surface area (Å²) in [6.45, 7) is 0. The highest BCUT2D eigenvalue weighted by Gasteiger charge is 2.02. The number of aromatic nitrogens is 1. The third-order valence-electron chi connectivity index (χ3n) is 1.39. The molecule has 0 spiro atoms. The first-order valence-corrected chi connectivity index (χ1v) is 7.31. The SMILES string of the molecule is Fc1cnc2sc(SI)cc2c1. The smallest absolute Gasteiger partial charge is 0.142 e. The van der Waals surface area contributed by atoms with Crippen LogP contribution in [0.1, 0.15) is 0 Å². The van der Waals surface area contributed by atoms with E-state index in [2.05, 4.69) is 26.2 Å². The Labute approximate surface area is 89.0 Å². The Morgan fingerprint density at radius 1 is 1.50 bits per heavy atom. The number of hydrogen-bond donors (Lipinski definition) is 0. The maximum atomic E-state index is 12.7. The highest BCUT2D eigenvalue weighted by atomic mass is 127. The van der Waals surface area contributed by atoms with Gasteiger partial charge in [-0.25, -0.2) is 9.37 Å². The molecule has 2 aromatic rings. The molecule has 12 heavy (non-hydrogen) atoms. The van der Waals surface area contributed by atoms with E-state index in [1.807, 2.05) is 6.07 Å². The molecule has 0 aliphatic rings. The summed E-state index contributed by atoms with van der Waals surface area (Å²) in [7, 11) is 1.63. The van der Waals surface area contributed by atoms with Gasteiger partial charge in [0.05, 0.1) is 10.4 Å². The van der Waals surface area contributed by atoms with Crippen LogP contribution in [0.25, 0.3) is 10.2 Å². The molecule has 0 radical (unpaired) electrons. The van der Waals surface area contributed by atoms with Gasteiger partial charge in [0.2, 0.25) is 0 Å². The van der Waals surface area contributed by atoms with Crippen molar-refractivity contribution in [3.63, 3.8) is 0 Å². The molecule has 0 aliphatic carbocycles. The number of hydrogen-bond acceptors (Lipinski definition) is 3. The second-order valence-corrected chi connectivity index (χ2v) is 5.39. The Balaban J connectivity index is 2.67. The lowest BCUT2D eigenvalue weighted by molar-refractivity contribution is 0.624. The molecule has 0 saturated carbocycles. The predicted molar refractivity (Wildman–Crippen MR) is 59.5 cm³/mol. The van der Waals surface area contributed by atoms with Crippen molar-refractivity contribution in [1.29, 1.82) is 0 Å². The summed E-state index contributed by atoms with van der Waals surface area (Å²) < 4.78 is 13.8. The van der Waals surface area contributed by atoms with Gasteiger partial charge in [-0.3, -0.25) is 0 Å². The molecule has 2 rings (SSSR count). The van der Waals surface area contributed by atoms with Crippen LogP contribution >= 0.6 is 41.5 Å². The van der Waals surface area contributed by atoms with Crippen molar-refractivity contribution in [2.75, 3.05) is 0 Å². The number of halogens is 2. The second kappa shape index (κ2) is 3.47. The summed E-state index contributed by atoms with van der Waals surface area (Å²) in [5.74, 6) is -0.273. The van der Waals surface area contributed by atoms with E-state index in [4.69, 9.17) is 0 Å². The third-order valence-corrected chi connectivity index (χ3v) is 5.34. The van der Waals surface area contributed by atoms with E-state index >= 15 is 0 Å². The Kier molecular flexibility index (Phi) is 2.52. The summed E-state index contributed by atoms with van der Waals surface area (Å²) in [5, 5.41) is 0.888. The van der Waals surface area contributed by atoms with Gasteiger partial charge in [0.1, 0.15) is 10.6 Å². The Hall–Kier alpha value is 0.120. The fraction of sp³-hybridized carbons (Fsp3) is 0. The van der Waals surface area contributed by atoms with E-state index in [9.17, 15) is 4.39 Å². The molecule has 0 amide bonds. The summed E-state index contributed by atoms with van der Waals surface area (Å²) in [6.07, 6.45) is 1.25. The van der Waals surface area contributed by atoms with Gasteiger partial charge >= 0.3 is 0 Å². The van der Waals surface area contributed by atoms with Crippen LogP contribution in [0.15, 0.2) is 22.5 Å². The molecule has 0 N–H and O–H groups in total. The number of pyridine rings is 1. The van der Waals surface area contributed by atoms with E-state index in [-0.39, 0.29) is 5.82 Å².